The molecule has 0 aliphatic heterocycles. The topological polar surface area (TPSA) is 54.0 Å². The summed E-state index contributed by atoms with van der Waals surface area (Å²) in [6.07, 6.45) is 1.07. The van der Waals surface area contributed by atoms with E-state index in [1.165, 1.54) is 6.92 Å². The van der Waals surface area contributed by atoms with Crippen LogP contribution in [-0.2, 0) is 4.79 Å². The summed E-state index contributed by atoms with van der Waals surface area (Å²) in [5.74, 6) is -0.0635. The van der Waals surface area contributed by atoms with E-state index >= 15 is 0 Å². The fraction of sp³-hybridized carbons (Fsp3) is 0.333. The van der Waals surface area contributed by atoms with Gasteiger partial charge >= 0.3 is 0 Å². The van der Waals surface area contributed by atoms with Crippen molar-refractivity contribution in [2.45, 2.75) is 33.2 Å². The van der Waals surface area contributed by atoms with Crippen molar-refractivity contribution >= 4 is 40.5 Å². The standard InChI is InChI=1S/C15H19N3OS.ClH/c1-4-10(2)16-15-18-14(9-20-15)12-5-7-13(8-6-12)17-11(3)19;/h5-10H,4H2,1-3H3,(H,16,18)(H,17,19);1H. The average molecular weight is 326 g/mol. The van der Waals surface area contributed by atoms with Crippen LogP contribution >= 0.6 is 23.7 Å². The van der Waals surface area contributed by atoms with Crippen LogP contribution in [-0.4, -0.2) is 16.9 Å². The Balaban J connectivity index is 0.00000220. The third-order valence-corrected chi connectivity index (χ3v) is 3.76. The van der Waals surface area contributed by atoms with Gasteiger partial charge in [0.2, 0.25) is 5.91 Å². The molecule has 2 aromatic rings. The van der Waals surface area contributed by atoms with E-state index in [-0.39, 0.29) is 18.3 Å². The molecule has 114 valence electrons. The predicted molar refractivity (Wildman–Crippen MR) is 92.5 cm³/mol. The second kappa shape index (κ2) is 8.00. The van der Waals surface area contributed by atoms with Crippen LogP contribution in [0.4, 0.5) is 10.8 Å². The van der Waals surface area contributed by atoms with E-state index in [4.69, 9.17) is 0 Å². The van der Waals surface area contributed by atoms with Gasteiger partial charge in [-0.25, -0.2) is 4.98 Å². The van der Waals surface area contributed by atoms with E-state index in [1.807, 2.05) is 29.6 Å². The Labute approximate surface area is 135 Å². The number of nitrogens with one attached hydrogen (secondary N) is 2. The summed E-state index contributed by atoms with van der Waals surface area (Å²) < 4.78 is 0. The van der Waals surface area contributed by atoms with Crippen molar-refractivity contribution in [3.05, 3.63) is 29.6 Å². The van der Waals surface area contributed by atoms with Crippen molar-refractivity contribution in [3.63, 3.8) is 0 Å². The van der Waals surface area contributed by atoms with Crippen LogP contribution < -0.4 is 10.6 Å². The van der Waals surface area contributed by atoms with Crippen LogP contribution in [0, 0.1) is 0 Å². The second-order valence-electron chi connectivity index (χ2n) is 4.75. The Morgan fingerprint density at radius 1 is 1.33 bits per heavy atom. The van der Waals surface area contributed by atoms with Crippen LogP contribution in [0.15, 0.2) is 29.6 Å². The molecular weight excluding hydrogens is 306 g/mol. The molecule has 0 bridgehead atoms. The smallest absolute Gasteiger partial charge is 0.221 e. The minimum absolute atomic E-state index is 0. The highest BCUT2D eigenvalue weighted by Crippen LogP contribution is 2.26. The molecule has 1 aromatic heterocycles. The van der Waals surface area contributed by atoms with Gasteiger partial charge < -0.3 is 10.6 Å². The lowest BCUT2D eigenvalue weighted by atomic mass is 10.1. The van der Waals surface area contributed by atoms with Crippen LogP contribution in [0.2, 0.25) is 0 Å². The quantitative estimate of drug-likeness (QED) is 0.856. The summed E-state index contributed by atoms with van der Waals surface area (Å²) in [6, 6.07) is 8.13. The Morgan fingerprint density at radius 2 is 2.00 bits per heavy atom. The second-order valence-corrected chi connectivity index (χ2v) is 5.61. The van der Waals surface area contributed by atoms with Gasteiger partial charge in [0.1, 0.15) is 0 Å². The maximum absolute atomic E-state index is 11.0. The molecule has 0 saturated carbocycles. The van der Waals surface area contributed by atoms with Crippen molar-refractivity contribution in [1.29, 1.82) is 0 Å². The molecule has 1 heterocycles. The lowest BCUT2D eigenvalue weighted by Gasteiger charge is -2.08. The highest BCUT2D eigenvalue weighted by Gasteiger charge is 2.06. The first-order chi connectivity index (χ1) is 9.58. The zero-order valence-corrected chi connectivity index (χ0v) is 14.0. The molecule has 2 N–H and O–H groups in total. The fourth-order valence-electron chi connectivity index (χ4n) is 1.71. The van der Waals surface area contributed by atoms with Crippen molar-refractivity contribution in [3.8, 4) is 11.3 Å². The Hall–Kier alpha value is -1.59. The summed E-state index contributed by atoms with van der Waals surface area (Å²) >= 11 is 1.61. The molecule has 2 rings (SSSR count). The molecule has 6 heteroatoms. The summed E-state index contributed by atoms with van der Waals surface area (Å²) in [5, 5.41) is 9.11. The third-order valence-electron chi connectivity index (χ3n) is 2.99. The highest BCUT2D eigenvalue weighted by molar-refractivity contribution is 7.14. The van der Waals surface area contributed by atoms with E-state index in [1.54, 1.807) is 11.3 Å². The number of rotatable bonds is 5. The number of carbonyl (C=O) groups is 1. The zero-order valence-electron chi connectivity index (χ0n) is 12.3. The summed E-state index contributed by atoms with van der Waals surface area (Å²) in [5.41, 5.74) is 2.80. The zero-order chi connectivity index (χ0) is 14.5. The van der Waals surface area contributed by atoms with Gasteiger partial charge in [-0.15, -0.1) is 23.7 Å². The molecule has 1 aromatic carbocycles. The lowest BCUT2D eigenvalue weighted by molar-refractivity contribution is -0.114. The molecule has 1 amide bonds. The van der Waals surface area contributed by atoms with Crippen LogP contribution in [0.3, 0.4) is 0 Å². The summed E-state index contributed by atoms with van der Waals surface area (Å²) in [7, 11) is 0. The highest BCUT2D eigenvalue weighted by atomic mass is 35.5. The molecule has 0 spiro atoms. The van der Waals surface area contributed by atoms with Crippen LogP contribution in [0.1, 0.15) is 27.2 Å². The summed E-state index contributed by atoms with van der Waals surface area (Å²) in [4.78, 5) is 15.6. The molecule has 1 unspecified atom stereocenters. The number of amides is 1. The number of halogens is 1. The maximum atomic E-state index is 11.0. The fourth-order valence-corrected chi connectivity index (χ4v) is 2.55. The monoisotopic (exact) mass is 325 g/mol. The first kappa shape index (κ1) is 17.5. The van der Waals surface area contributed by atoms with E-state index in [2.05, 4.69) is 29.5 Å². The van der Waals surface area contributed by atoms with E-state index in [0.29, 0.717) is 6.04 Å². The van der Waals surface area contributed by atoms with Gasteiger partial charge in [-0.05, 0) is 25.5 Å². The van der Waals surface area contributed by atoms with Gasteiger partial charge in [-0.2, -0.15) is 0 Å². The number of hydrogen-bond donors (Lipinski definition) is 2. The number of thiazole rings is 1. The molecule has 21 heavy (non-hydrogen) atoms. The average Bonchev–Trinajstić information content (AvgIpc) is 2.87. The van der Waals surface area contributed by atoms with Gasteiger partial charge in [-0.1, -0.05) is 19.1 Å². The molecule has 4 nitrogen and oxygen atoms in total. The van der Waals surface area contributed by atoms with Gasteiger partial charge in [0.15, 0.2) is 5.13 Å². The van der Waals surface area contributed by atoms with Crippen LogP contribution in [0.25, 0.3) is 11.3 Å². The normalized spacial score (nSPS) is 11.4. The largest absolute Gasteiger partial charge is 0.359 e. The molecule has 0 aliphatic carbocycles. The van der Waals surface area contributed by atoms with Crippen molar-refractivity contribution in [2.24, 2.45) is 0 Å². The number of carbonyl (C=O) groups excluding carboxylic acids is 1. The minimum atomic E-state index is -0.0635. The Kier molecular flexibility index (Phi) is 6.65. The molecule has 0 fully saturated rings. The first-order valence-electron chi connectivity index (χ1n) is 6.68. The van der Waals surface area contributed by atoms with Gasteiger partial charge in [-0.3, -0.25) is 4.79 Å². The van der Waals surface area contributed by atoms with Gasteiger partial charge in [0.25, 0.3) is 0 Å². The Bertz CT molecular complexity index is 583. The molecular formula is C15H20ClN3OS. The first-order valence-corrected chi connectivity index (χ1v) is 7.56. The van der Waals surface area contributed by atoms with E-state index in [0.717, 1.165) is 28.5 Å². The predicted octanol–water partition coefficient (Wildman–Crippen LogP) is 4.40. The number of aromatic nitrogens is 1. The summed E-state index contributed by atoms with van der Waals surface area (Å²) in [6.45, 7) is 5.79. The van der Waals surface area contributed by atoms with E-state index in [9.17, 15) is 4.79 Å². The minimum Gasteiger partial charge on any atom is -0.359 e. The van der Waals surface area contributed by atoms with Crippen molar-refractivity contribution < 1.29 is 4.79 Å². The lowest BCUT2D eigenvalue weighted by Crippen LogP contribution is -2.12. The number of anilines is 2. The number of benzene rings is 1. The SMILES string of the molecule is CCC(C)Nc1nc(-c2ccc(NC(C)=O)cc2)cs1.Cl. The molecule has 0 aliphatic rings. The molecule has 0 saturated heterocycles. The molecule has 0 radical (unpaired) electrons. The van der Waals surface area contributed by atoms with E-state index < -0.39 is 0 Å². The van der Waals surface area contributed by atoms with Gasteiger partial charge in [0.05, 0.1) is 5.69 Å². The number of hydrogen-bond acceptors (Lipinski definition) is 4. The maximum Gasteiger partial charge on any atom is 0.221 e. The number of nitrogens with zero attached hydrogens (tertiary/aromatic N) is 1. The van der Waals surface area contributed by atoms with Crippen molar-refractivity contribution in [2.75, 3.05) is 10.6 Å². The third kappa shape index (κ3) is 5.02. The Morgan fingerprint density at radius 3 is 2.57 bits per heavy atom. The van der Waals surface area contributed by atoms with Crippen molar-refractivity contribution in [1.82, 2.24) is 4.98 Å². The van der Waals surface area contributed by atoms with Gasteiger partial charge in [0, 0.05) is 29.6 Å². The molecule has 1 atom stereocenters. The van der Waals surface area contributed by atoms with Crippen LogP contribution in [0.5, 0.6) is 0 Å².